The number of aromatic nitrogens is 2. The van der Waals surface area contributed by atoms with E-state index in [9.17, 15) is 0 Å². The van der Waals surface area contributed by atoms with Crippen LogP contribution in [0.2, 0.25) is 0 Å². The van der Waals surface area contributed by atoms with Crippen molar-refractivity contribution in [2.45, 2.75) is 0 Å². The second-order valence-electron chi connectivity index (χ2n) is 4.59. The van der Waals surface area contributed by atoms with Gasteiger partial charge in [-0.05, 0) is 43.6 Å². The molecule has 0 aliphatic heterocycles. The molecule has 0 bridgehead atoms. The largest absolute Gasteiger partial charge is 0.306 e. The number of pyridine rings is 2. The van der Waals surface area contributed by atoms with E-state index in [0.29, 0.717) is 0 Å². The Labute approximate surface area is 124 Å². The summed E-state index contributed by atoms with van der Waals surface area (Å²) in [6.07, 6.45) is 6.14. The molecule has 0 spiro atoms. The predicted octanol–water partition coefficient (Wildman–Crippen LogP) is 1.72. The molecule has 2 heterocycles. The van der Waals surface area contributed by atoms with E-state index in [4.69, 9.17) is 0 Å². The predicted molar refractivity (Wildman–Crippen MR) is 91.6 cm³/mol. The van der Waals surface area contributed by atoms with Crippen molar-refractivity contribution in [2.24, 2.45) is 0 Å². The number of nitrogens with zero attached hydrogens (tertiary/aromatic N) is 3. The molecule has 2 unspecified atom stereocenters. The summed E-state index contributed by atoms with van der Waals surface area (Å²) < 4.78 is 0. The lowest BCUT2D eigenvalue weighted by Crippen LogP contribution is -2.24. The number of rotatable bonds is 8. The minimum Gasteiger partial charge on any atom is -0.306 e. The van der Waals surface area contributed by atoms with E-state index in [1.807, 2.05) is 24.5 Å². The molecule has 0 aliphatic rings. The standard InChI is InChI=1S/C15H21N3P2/c1-18(10-12-19-14-6-2-4-8-16-14)11-13-20-15-7-3-5-9-17-15/h2-9,19-20H,10-13H2,1H3. The van der Waals surface area contributed by atoms with E-state index in [1.165, 1.54) is 23.2 Å². The maximum atomic E-state index is 4.36. The van der Waals surface area contributed by atoms with Gasteiger partial charge in [0.05, 0.1) is 10.9 Å². The average molecular weight is 305 g/mol. The molecule has 3 nitrogen and oxygen atoms in total. The Hall–Kier alpha value is -0.880. The third-order valence-corrected chi connectivity index (χ3v) is 5.19. The molecule has 106 valence electrons. The molecule has 0 saturated carbocycles. The van der Waals surface area contributed by atoms with Crippen molar-refractivity contribution in [1.29, 1.82) is 0 Å². The second kappa shape index (κ2) is 9.13. The van der Waals surface area contributed by atoms with Crippen LogP contribution in [-0.2, 0) is 0 Å². The van der Waals surface area contributed by atoms with E-state index in [0.717, 1.165) is 30.3 Å². The monoisotopic (exact) mass is 305 g/mol. The maximum Gasteiger partial charge on any atom is 0.0600 e. The van der Waals surface area contributed by atoms with Crippen molar-refractivity contribution in [3.8, 4) is 0 Å². The Morgan fingerprint density at radius 3 is 1.75 bits per heavy atom. The maximum absolute atomic E-state index is 4.36. The van der Waals surface area contributed by atoms with Gasteiger partial charge in [0.2, 0.25) is 0 Å². The van der Waals surface area contributed by atoms with Crippen LogP contribution in [0.3, 0.4) is 0 Å². The van der Waals surface area contributed by atoms with Crippen LogP contribution in [-0.4, -0.2) is 47.3 Å². The van der Waals surface area contributed by atoms with Gasteiger partial charge in [-0.3, -0.25) is 9.97 Å². The first-order valence-corrected chi connectivity index (χ1v) is 9.24. The SMILES string of the molecule is CN(CCPc1ccccn1)CCPc1ccccn1. The Balaban J connectivity index is 1.58. The fraction of sp³-hybridized carbons (Fsp3) is 0.333. The van der Waals surface area contributed by atoms with Crippen LogP contribution in [0.1, 0.15) is 0 Å². The van der Waals surface area contributed by atoms with Crippen LogP contribution in [0.5, 0.6) is 0 Å². The molecule has 0 N–H and O–H groups in total. The number of hydrogen-bond donors (Lipinski definition) is 0. The smallest absolute Gasteiger partial charge is 0.0600 e. The topological polar surface area (TPSA) is 29.0 Å². The molecule has 5 heteroatoms. The zero-order valence-electron chi connectivity index (χ0n) is 11.8. The molecule has 0 saturated heterocycles. The third kappa shape index (κ3) is 6.05. The molecule has 2 rings (SSSR count). The fourth-order valence-corrected chi connectivity index (χ4v) is 4.06. The van der Waals surface area contributed by atoms with Crippen LogP contribution in [0.25, 0.3) is 0 Å². The molecule has 0 aromatic carbocycles. The van der Waals surface area contributed by atoms with Crippen molar-refractivity contribution in [2.75, 3.05) is 32.5 Å². The van der Waals surface area contributed by atoms with Gasteiger partial charge in [0.25, 0.3) is 0 Å². The molecule has 0 aliphatic carbocycles. The van der Waals surface area contributed by atoms with Crippen molar-refractivity contribution in [3.63, 3.8) is 0 Å². The van der Waals surface area contributed by atoms with Gasteiger partial charge in [-0.1, -0.05) is 29.3 Å². The summed E-state index contributed by atoms with van der Waals surface area (Å²) in [5, 5.41) is 0. The molecule has 2 aromatic heterocycles. The zero-order chi connectivity index (χ0) is 14.0. The summed E-state index contributed by atoms with van der Waals surface area (Å²) in [5.74, 6) is 0. The zero-order valence-corrected chi connectivity index (χ0v) is 13.8. The molecule has 0 radical (unpaired) electrons. The Morgan fingerprint density at radius 2 is 1.35 bits per heavy atom. The van der Waals surface area contributed by atoms with Crippen molar-refractivity contribution in [3.05, 3.63) is 48.8 Å². The Bertz CT molecular complexity index is 433. The summed E-state index contributed by atoms with van der Waals surface area (Å²) in [4.78, 5) is 11.1. The van der Waals surface area contributed by atoms with E-state index in [2.05, 4.69) is 46.2 Å². The lowest BCUT2D eigenvalue weighted by Gasteiger charge is -2.16. The minimum atomic E-state index is 0.812. The van der Waals surface area contributed by atoms with Crippen LogP contribution in [0.4, 0.5) is 0 Å². The quantitative estimate of drug-likeness (QED) is 0.695. The van der Waals surface area contributed by atoms with Crippen molar-refractivity contribution >= 4 is 28.0 Å². The van der Waals surface area contributed by atoms with Crippen LogP contribution in [0, 0.1) is 0 Å². The van der Waals surface area contributed by atoms with Crippen LogP contribution < -0.4 is 10.9 Å². The first-order chi connectivity index (χ1) is 9.84. The average Bonchev–Trinajstić information content (AvgIpc) is 2.49. The fourth-order valence-electron chi connectivity index (χ4n) is 1.80. The summed E-state index contributed by atoms with van der Waals surface area (Å²) in [5.41, 5.74) is 2.44. The highest BCUT2D eigenvalue weighted by atomic mass is 31.1. The first kappa shape index (κ1) is 15.5. The third-order valence-electron chi connectivity index (χ3n) is 2.93. The minimum absolute atomic E-state index is 0.812. The molecule has 0 fully saturated rings. The second-order valence-corrected chi connectivity index (χ2v) is 7.32. The van der Waals surface area contributed by atoms with Crippen LogP contribution >= 0.6 is 17.2 Å². The lowest BCUT2D eigenvalue weighted by atomic mass is 10.5. The van der Waals surface area contributed by atoms with Crippen LogP contribution in [0.15, 0.2) is 48.8 Å². The van der Waals surface area contributed by atoms with Gasteiger partial charge < -0.3 is 4.90 Å². The van der Waals surface area contributed by atoms with E-state index in [1.54, 1.807) is 0 Å². The highest BCUT2D eigenvalue weighted by Gasteiger charge is 2.00. The van der Waals surface area contributed by atoms with E-state index >= 15 is 0 Å². The summed E-state index contributed by atoms with van der Waals surface area (Å²) >= 11 is 0. The summed E-state index contributed by atoms with van der Waals surface area (Å²) in [6.45, 7) is 2.28. The van der Waals surface area contributed by atoms with Crippen molar-refractivity contribution in [1.82, 2.24) is 14.9 Å². The van der Waals surface area contributed by atoms with Crippen molar-refractivity contribution < 1.29 is 0 Å². The Kier molecular flexibility index (Phi) is 7.08. The Morgan fingerprint density at radius 1 is 0.850 bits per heavy atom. The molecular weight excluding hydrogens is 284 g/mol. The highest BCUT2D eigenvalue weighted by Crippen LogP contribution is 2.10. The normalized spacial score (nSPS) is 12.1. The molecular formula is C15H21N3P2. The number of hydrogen-bond acceptors (Lipinski definition) is 3. The molecule has 20 heavy (non-hydrogen) atoms. The molecule has 0 amide bonds. The molecule has 2 aromatic rings. The van der Waals surface area contributed by atoms with Gasteiger partial charge >= 0.3 is 0 Å². The van der Waals surface area contributed by atoms with Gasteiger partial charge in [0.1, 0.15) is 0 Å². The van der Waals surface area contributed by atoms with Gasteiger partial charge in [0, 0.05) is 25.5 Å². The van der Waals surface area contributed by atoms with Gasteiger partial charge in [-0.15, -0.1) is 0 Å². The first-order valence-electron chi connectivity index (χ1n) is 6.83. The van der Waals surface area contributed by atoms with Gasteiger partial charge in [-0.25, -0.2) is 0 Å². The van der Waals surface area contributed by atoms with E-state index < -0.39 is 0 Å². The summed E-state index contributed by atoms with van der Waals surface area (Å²) in [7, 11) is 3.82. The molecule has 2 atom stereocenters. The van der Waals surface area contributed by atoms with Gasteiger partial charge in [-0.2, -0.15) is 0 Å². The lowest BCUT2D eigenvalue weighted by molar-refractivity contribution is 0.379. The summed E-state index contributed by atoms with van der Waals surface area (Å²) in [6, 6.07) is 12.3. The highest BCUT2D eigenvalue weighted by molar-refractivity contribution is 7.47. The van der Waals surface area contributed by atoms with E-state index in [-0.39, 0.29) is 0 Å². The van der Waals surface area contributed by atoms with Gasteiger partial charge in [0.15, 0.2) is 0 Å².